The SMILES string of the molecule is COc1cc(C(=O)NCCCCCCCC(=O)NCCOc2ccc(-c3ccc(-c4nc5nc(O[C@@H]6CO[C@H]7[C@@H]6OC[C@H]7O)[nH]c5cc4Cl)cc3)cc2)c(F)cc1NCC#Cc1cc2c(N[C@@H]3CCN(C)C[C@@H]3F)cccc2n1CC(F)(F)F. The highest BCUT2D eigenvalue weighted by Crippen LogP contribution is 2.36. The van der Waals surface area contributed by atoms with E-state index in [1.807, 2.05) is 60.5 Å². The zero-order chi connectivity index (χ0) is 58.9. The molecule has 0 aliphatic carbocycles. The summed E-state index contributed by atoms with van der Waals surface area (Å²) in [5.74, 6) is 4.98. The predicted molar refractivity (Wildman–Crippen MR) is 309 cm³/mol. The van der Waals surface area contributed by atoms with Gasteiger partial charge >= 0.3 is 6.18 Å². The van der Waals surface area contributed by atoms with Gasteiger partial charge in [0, 0.05) is 48.8 Å². The van der Waals surface area contributed by atoms with Crippen molar-refractivity contribution in [2.45, 2.75) is 94.3 Å². The highest BCUT2D eigenvalue weighted by Gasteiger charge is 2.49. The second-order valence-electron chi connectivity index (χ2n) is 21.1. The number of carbonyl (C=O) groups excluding carboxylic acids is 2. The van der Waals surface area contributed by atoms with Crippen LogP contribution in [0.15, 0.2) is 91.0 Å². The normalized spacial score (nSPS) is 19.6. The Morgan fingerprint density at radius 1 is 0.893 bits per heavy atom. The number of alkyl halides is 4. The first kappa shape index (κ1) is 59.5. The maximum atomic E-state index is 15.3. The van der Waals surface area contributed by atoms with Crippen LogP contribution in [0, 0.1) is 17.7 Å². The lowest BCUT2D eigenvalue weighted by Crippen LogP contribution is -2.46. The van der Waals surface area contributed by atoms with Gasteiger partial charge in [-0.05, 0) is 85.8 Å². The Labute approximate surface area is 486 Å². The molecule has 10 rings (SSSR count). The third-order valence-corrected chi connectivity index (χ3v) is 15.3. The first-order valence-electron chi connectivity index (χ1n) is 28.0. The number of pyridine rings is 1. The first-order valence-corrected chi connectivity index (χ1v) is 28.4. The van der Waals surface area contributed by atoms with Gasteiger partial charge in [0.15, 0.2) is 11.8 Å². The van der Waals surface area contributed by atoms with E-state index in [0.717, 1.165) is 46.6 Å². The van der Waals surface area contributed by atoms with Gasteiger partial charge in [-0.3, -0.25) is 9.59 Å². The number of H-pyrrole nitrogens is 1. The number of nitrogens with one attached hydrogen (secondary N) is 5. The van der Waals surface area contributed by atoms with Crippen molar-refractivity contribution in [2.24, 2.45) is 0 Å². The molecule has 2 amide bonds. The number of anilines is 2. The van der Waals surface area contributed by atoms with E-state index in [1.54, 1.807) is 30.3 Å². The summed E-state index contributed by atoms with van der Waals surface area (Å²) in [5.41, 5.74) is 5.28. The van der Waals surface area contributed by atoms with Crippen LogP contribution in [0.3, 0.4) is 0 Å². The summed E-state index contributed by atoms with van der Waals surface area (Å²) in [6, 6.07) is 25.9. The molecule has 3 aliphatic rings. The van der Waals surface area contributed by atoms with Gasteiger partial charge in [-0.25, -0.2) is 13.8 Å². The molecule has 0 saturated carbocycles. The number of unbranched alkanes of at least 4 members (excludes halogenated alkanes) is 4. The molecule has 6 N–H and O–H groups in total. The van der Waals surface area contributed by atoms with Crippen molar-refractivity contribution in [1.29, 1.82) is 0 Å². The molecule has 444 valence electrons. The summed E-state index contributed by atoms with van der Waals surface area (Å²) in [5, 5.41) is 22.8. The molecule has 17 nitrogen and oxygen atoms in total. The number of halogens is 6. The Bertz CT molecular complexity index is 3500. The number of imidazole rings is 1. The van der Waals surface area contributed by atoms with Crippen LogP contribution < -0.4 is 35.5 Å². The van der Waals surface area contributed by atoms with E-state index >= 15 is 4.39 Å². The molecule has 0 bridgehead atoms. The summed E-state index contributed by atoms with van der Waals surface area (Å²) in [6.45, 7) is 0.988. The maximum Gasteiger partial charge on any atom is 0.406 e. The summed E-state index contributed by atoms with van der Waals surface area (Å²) in [7, 11) is 3.20. The first-order chi connectivity index (χ1) is 40.6. The van der Waals surface area contributed by atoms with E-state index in [0.29, 0.717) is 96.1 Å². The average molecular weight is 1180 g/mol. The molecule has 0 radical (unpaired) electrons. The lowest BCUT2D eigenvalue weighted by Gasteiger charge is -2.33. The molecule has 3 fully saturated rings. The van der Waals surface area contributed by atoms with Crippen LogP contribution in [-0.4, -0.2) is 151 Å². The van der Waals surface area contributed by atoms with E-state index in [1.165, 1.54) is 13.2 Å². The standard InChI is InChI=1S/C61H65ClF5N9O8/c1-75-26-22-47(45(64)32-75)71-46-11-8-12-50-42(46)28-39(76(50)35-61(65,66)67)10-9-24-68-48-31-44(63)41(29-52(48)80-2)59(79)70-23-7-5-3-4-6-13-54(78)69-25-27-81-40-20-18-37(19-21-40)36-14-16-38(17-15-36)55-43(62)30-49-58(73-55)74-60(72-49)84-53-34-83-56-51(77)33-82-57(53)56/h8,11-12,14-21,28-31,45,47,51,53,56-57,68,71,77H,3-7,13,22-27,32-35H2,1-2H3,(H,69,78)(H,70,79)(H,72,73,74)/t45-,47+,51+,53+,56+,57+/m0/s1. The zero-order valence-corrected chi connectivity index (χ0v) is 47.1. The second kappa shape index (κ2) is 26.9. The molecule has 6 heterocycles. The molecular formula is C61H65ClF5N9O8. The summed E-state index contributed by atoms with van der Waals surface area (Å²) in [4.78, 5) is 39.7. The minimum absolute atomic E-state index is 0.0699. The molecule has 84 heavy (non-hydrogen) atoms. The van der Waals surface area contributed by atoms with E-state index in [4.69, 9.17) is 40.3 Å². The smallest absolute Gasteiger partial charge is 0.406 e. The largest absolute Gasteiger partial charge is 0.495 e. The Hall–Kier alpha value is -7.68. The van der Waals surface area contributed by atoms with Gasteiger partial charge in [0.2, 0.25) is 5.91 Å². The predicted octanol–water partition coefficient (Wildman–Crippen LogP) is 9.70. The number of aromatic amines is 1. The number of amides is 2. The molecule has 23 heteroatoms. The molecule has 3 aliphatic heterocycles. The Morgan fingerprint density at radius 3 is 2.42 bits per heavy atom. The Morgan fingerprint density at radius 2 is 1.64 bits per heavy atom. The highest BCUT2D eigenvalue weighted by molar-refractivity contribution is 6.33. The quantitative estimate of drug-likeness (QED) is 0.0201. The number of aliphatic hydroxyl groups excluding tert-OH is 1. The van der Waals surface area contributed by atoms with Crippen LogP contribution in [0.1, 0.15) is 61.0 Å². The van der Waals surface area contributed by atoms with Crippen LogP contribution in [0.2, 0.25) is 5.02 Å². The van der Waals surface area contributed by atoms with Crippen molar-refractivity contribution in [3.8, 4) is 51.7 Å². The lowest BCUT2D eigenvalue weighted by molar-refractivity contribution is -0.140. The summed E-state index contributed by atoms with van der Waals surface area (Å²) in [6.07, 6.45) is -2.89. The fraction of sp³-hybridized carbons (Fsp3) is 0.410. The van der Waals surface area contributed by atoms with Crippen molar-refractivity contribution in [2.75, 3.05) is 77.3 Å². The van der Waals surface area contributed by atoms with Crippen molar-refractivity contribution < 1.29 is 60.3 Å². The molecule has 0 unspecified atom stereocenters. The van der Waals surface area contributed by atoms with Crippen LogP contribution >= 0.6 is 11.6 Å². The van der Waals surface area contributed by atoms with Crippen molar-refractivity contribution >= 4 is 56.9 Å². The van der Waals surface area contributed by atoms with E-state index < -0.39 is 55.0 Å². The average Bonchev–Trinajstić information content (AvgIpc) is 3.88. The molecular weight excluding hydrogens is 1120 g/mol. The van der Waals surface area contributed by atoms with Gasteiger partial charge in [0.25, 0.3) is 11.9 Å². The van der Waals surface area contributed by atoms with Crippen LogP contribution in [0.25, 0.3) is 44.5 Å². The number of aromatic nitrogens is 4. The number of piperidine rings is 1. The Balaban J connectivity index is 0.602. The number of hydrogen-bond donors (Lipinski definition) is 6. The number of ether oxygens (including phenoxy) is 5. The third kappa shape index (κ3) is 14.6. The van der Waals surface area contributed by atoms with Crippen LogP contribution in [0.5, 0.6) is 17.5 Å². The third-order valence-electron chi connectivity index (χ3n) is 15.0. The fourth-order valence-corrected chi connectivity index (χ4v) is 10.9. The van der Waals surface area contributed by atoms with Gasteiger partial charge in [0.1, 0.15) is 55.0 Å². The molecule has 4 aromatic carbocycles. The van der Waals surface area contributed by atoms with Crippen molar-refractivity contribution in [3.63, 3.8) is 0 Å². The van der Waals surface area contributed by atoms with Crippen LogP contribution in [-0.2, 0) is 20.8 Å². The van der Waals surface area contributed by atoms with E-state index in [-0.39, 0.29) is 67.0 Å². The Kier molecular flexibility index (Phi) is 19.1. The number of rotatable bonds is 23. The molecule has 7 aromatic rings. The lowest BCUT2D eigenvalue weighted by atomic mass is 10.0. The molecule has 3 saturated heterocycles. The summed E-state index contributed by atoms with van der Waals surface area (Å²) >= 11 is 6.68. The van der Waals surface area contributed by atoms with Gasteiger partial charge in [-0.2, -0.15) is 18.2 Å². The molecule has 0 spiro atoms. The topological polar surface area (TPSA) is 198 Å². The number of fused-ring (bicyclic) bond motifs is 3. The molecule has 3 aromatic heterocycles. The monoisotopic (exact) mass is 1180 g/mol. The van der Waals surface area contributed by atoms with Gasteiger partial charge < -0.3 is 64.5 Å². The van der Waals surface area contributed by atoms with Crippen LogP contribution in [0.4, 0.5) is 33.3 Å². The van der Waals surface area contributed by atoms with Crippen molar-refractivity contribution in [3.05, 3.63) is 113 Å². The number of hydrogen-bond acceptors (Lipinski definition) is 13. The minimum atomic E-state index is -4.54. The molecule has 6 atom stereocenters. The van der Waals surface area contributed by atoms with Gasteiger partial charge in [0.05, 0.1) is 78.1 Å². The number of methoxy groups -OCH3 is 1. The van der Waals surface area contributed by atoms with E-state index in [2.05, 4.69) is 43.1 Å². The number of carbonyl (C=O) groups is 2. The number of benzene rings is 4. The minimum Gasteiger partial charge on any atom is -0.495 e. The van der Waals surface area contributed by atoms with Gasteiger partial charge in [-0.1, -0.05) is 79.2 Å². The van der Waals surface area contributed by atoms with Gasteiger partial charge in [-0.15, -0.1) is 0 Å². The number of aliphatic hydroxyl groups is 1. The summed E-state index contributed by atoms with van der Waals surface area (Å²) < 4.78 is 101. The zero-order valence-electron chi connectivity index (χ0n) is 46.3. The van der Waals surface area contributed by atoms with E-state index in [9.17, 15) is 32.3 Å². The maximum absolute atomic E-state index is 15.3. The number of nitrogens with zero attached hydrogens (tertiary/aromatic N) is 4. The fourth-order valence-electron chi connectivity index (χ4n) is 10.7. The van der Waals surface area contributed by atoms with Crippen molar-refractivity contribution in [1.82, 2.24) is 35.1 Å². The number of likely N-dealkylation sites (tertiary alicyclic amines) is 1. The second-order valence-corrected chi connectivity index (χ2v) is 21.5. The highest BCUT2D eigenvalue weighted by atomic mass is 35.5.